The summed E-state index contributed by atoms with van der Waals surface area (Å²) in [7, 11) is 0. The van der Waals surface area contributed by atoms with Crippen molar-refractivity contribution in [3.05, 3.63) is 76.3 Å². The van der Waals surface area contributed by atoms with Gasteiger partial charge in [0, 0.05) is 10.6 Å². The molecule has 4 aliphatic carbocycles. The Labute approximate surface area is 198 Å². The first kappa shape index (κ1) is 20.7. The van der Waals surface area contributed by atoms with Crippen molar-refractivity contribution in [3.63, 3.8) is 0 Å². The highest BCUT2D eigenvalue weighted by atomic mass is 35.5. The Balaban J connectivity index is 1.37. The zero-order valence-corrected chi connectivity index (χ0v) is 19.3. The number of amides is 3. The molecule has 7 rings (SSSR count). The van der Waals surface area contributed by atoms with Crippen molar-refractivity contribution >= 4 is 35.0 Å². The predicted molar refractivity (Wildman–Crippen MR) is 126 cm³/mol. The van der Waals surface area contributed by atoms with Gasteiger partial charge in [-0.05, 0) is 73.8 Å². The van der Waals surface area contributed by atoms with Crippen LogP contribution in [0.3, 0.4) is 0 Å². The van der Waals surface area contributed by atoms with Crippen LogP contribution >= 0.6 is 11.6 Å². The molecule has 0 spiro atoms. The summed E-state index contributed by atoms with van der Waals surface area (Å²) in [4.78, 5) is 43.6. The molecule has 0 N–H and O–H groups in total. The van der Waals surface area contributed by atoms with E-state index in [-0.39, 0.29) is 48.1 Å². The molecular formula is C27H25ClN2O3. The quantitative estimate of drug-likeness (QED) is 0.494. The van der Waals surface area contributed by atoms with Gasteiger partial charge in [-0.3, -0.25) is 24.2 Å². The number of nitrogens with zero attached hydrogens (tertiary/aromatic N) is 2. The lowest BCUT2D eigenvalue weighted by Crippen LogP contribution is -2.45. The van der Waals surface area contributed by atoms with E-state index < -0.39 is 0 Å². The van der Waals surface area contributed by atoms with E-state index in [2.05, 4.69) is 12.2 Å². The van der Waals surface area contributed by atoms with Crippen LogP contribution in [-0.2, 0) is 9.59 Å². The fourth-order valence-electron chi connectivity index (χ4n) is 6.27. The molecule has 1 heterocycles. The Kier molecular flexibility index (Phi) is 4.57. The normalized spacial score (nSPS) is 30.9. The molecule has 5 aliphatic rings. The van der Waals surface area contributed by atoms with Crippen molar-refractivity contribution < 1.29 is 14.4 Å². The highest BCUT2D eigenvalue weighted by Crippen LogP contribution is 2.65. The number of allylic oxidation sites excluding steroid dienone is 2. The minimum Gasteiger partial charge on any atom is -0.289 e. The number of carbonyl (C=O) groups excluding carboxylic acids is 3. The first-order valence-electron chi connectivity index (χ1n) is 11.5. The van der Waals surface area contributed by atoms with E-state index in [1.165, 1.54) is 9.80 Å². The number of carbonyl (C=O) groups is 3. The van der Waals surface area contributed by atoms with Crippen LogP contribution in [0.1, 0.15) is 27.9 Å². The molecule has 2 aromatic carbocycles. The molecule has 0 radical (unpaired) electrons. The molecule has 6 unspecified atom stereocenters. The predicted octanol–water partition coefficient (Wildman–Crippen LogP) is 4.61. The minimum atomic E-state index is -0.284. The van der Waals surface area contributed by atoms with E-state index in [1.807, 2.05) is 32.0 Å². The van der Waals surface area contributed by atoms with Gasteiger partial charge in [0.1, 0.15) is 6.67 Å². The molecule has 0 aromatic heterocycles. The Morgan fingerprint density at radius 1 is 0.970 bits per heavy atom. The second kappa shape index (κ2) is 7.29. The van der Waals surface area contributed by atoms with Crippen LogP contribution in [0.5, 0.6) is 0 Å². The van der Waals surface area contributed by atoms with E-state index in [1.54, 1.807) is 24.3 Å². The molecule has 2 aromatic rings. The summed E-state index contributed by atoms with van der Waals surface area (Å²) in [6.07, 6.45) is 5.44. The monoisotopic (exact) mass is 460 g/mol. The SMILES string of the molecule is Cc1ccc(C(=O)N(CN2C(=O)C3C4C=CC(C5CC45)C3C2=O)c2cc(Cl)ccc2C)cc1. The van der Waals surface area contributed by atoms with E-state index in [9.17, 15) is 14.4 Å². The number of anilines is 1. The second-order valence-electron chi connectivity index (χ2n) is 9.93. The van der Waals surface area contributed by atoms with Crippen LogP contribution in [0.15, 0.2) is 54.6 Å². The maximum Gasteiger partial charge on any atom is 0.259 e. The molecule has 6 heteroatoms. The van der Waals surface area contributed by atoms with E-state index in [0.717, 1.165) is 17.5 Å². The lowest BCUT2D eigenvalue weighted by atomic mass is 9.63. The highest BCUT2D eigenvalue weighted by molar-refractivity contribution is 6.31. The Hall–Kier alpha value is -2.92. The van der Waals surface area contributed by atoms with Gasteiger partial charge >= 0.3 is 0 Å². The number of benzene rings is 2. The third-order valence-electron chi connectivity index (χ3n) is 8.04. The van der Waals surface area contributed by atoms with Crippen LogP contribution in [0, 0.1) is 49.4 Å². The van der Waals surface area contributed by atoms with E-state index in [0.29, 0.717) is 28.1 Å². The molecule has 168 valence electrons. The average molecular weight is 461 g/mol. The summed E-state index contributed by atoms with van der Waals surface area (Å²) >= 11 is 6.28. The number of rotatable bonds is 4. The van der Waals surface area contributed by atoms with Crippen LogP contribution in [0.2, 0.25) is 5.02 Å². The lowest BCUT2D eigenvalue weighted by molar-refractivity contribution is -0.140. The van der Waals surface area contributed by atoms with Gasteiger partial charge in [0.2, 0.25) is 11.8 Å². The molecule has 2 saturated carbocycles. The first-order chi connectivity index (χ1) is 15.8. The molecule has 33 heavy (non-hydrogen) atoms. The zero-order chi connectivity index (χ0) is 23.0. The summed E-state index contributed by atoms with van der Waals surface area (Å²) in [5, 5.41) is 0.493. The van der Waals surface area contributed by atoms with Crippen molar-refractivity contribution in [1.82, 2.24) is 4.90 Å². The molecule has 5 nitrogen and oxygen atoms in total. The van der Waals surface area contributed by atoms with Gasteiger partial charge in [0.25, 0.3) is 5.91 Å². The van der Waals surface area contributed by atoms with Crippen molar-refractivity contribution in [2.45, 2.75) is 20.3 Å². The maximum atomic E-state index is 13.7. The summed E-state index contributed by atoms with van der Waals surface area (Å²) in [5.74, 6) is 0.270. The van der Waals surface area contributed by atoms with E-state index in [4.69, 9.17) is 11.6 Å². The van der Waals surface area contributed by atoms with Crippen molar-refractivity contribution in [2.75, 3.05) is 11.6 Å². The van der Waals surface area contributed by atoms with Gasteiger partial charge in [-0.25, -0.2) is 0 Å². The maximum absolute atomic E-state index is 13.7. The molecule has 1 aliphatic heterocycles. The Bertz CT molecular complexity index is 1180. The smallest absolute Gasteiger partial charge is 0.259 e. The number of imide groups is 1. The second-order valence-corrected chi connectivity index (χ2v) is 10.4. The Morgan fingerprint density at radius 2 is 1.58 bits per heavy atom. The topological polar surface area (TPSA) is 57.7 Å². The van der Waals surface area contributed by atoms with Crippen molar-refractivity contribution in [2.24, 2.45) is 35.5 Å². The van der Waals surface area contributed by atoms with E-state index >= 15 is 0 Å². The molecule has 2 bridgehead atoms. The van der Waals surface area contributed by atoms with Crippen LogP contribution in [-0.4, -0.2) is 29.3 Å². The Morgan fingerprint density at radius 3 is 2.18 bits per heavy atom. The summed E-state index contributed by atoms with van der Waals surface area (Å²) in [6, 6.07) is 12.6. The standard InChI is InChI=1S/C27H25ClN2O3/c1-14-3-6-16(7-4-14)25(31)29(22-11-17(28)8-5-15(22)2)13-30-26(32)23-18-9-10-19(21-12-20(18)21)24(23)27(30)33/h3-11,18-21,23-24H,12-13H2,1-2H3. The van der Waals surface area contributed by atoms with Gasteiger partial charge in [0.05, 0.1) is 17.5 Å². The van der Waals surface area contributed by atoms with Crippen molar-refractivity contribution in [3.8, 4) is 0 Å². The fourth-order valence-corrected chi connectivity index (χ4v) is 6.44. The summed E-state index contributed by atoms with van der Waals surface area (Å²) in [5.41, 5.74) is 3.00. The van der Waals surface area contributed by atoms with Gasteiger partial charge in [-0.1, -0.05) is 47.5 Å². The largest absolute Gasteiger partial charge is 0.289 e. The number of aryl methyl sites for hydroxylation is 2. The average Bonchev–Trinajstić information content (AvgIpc) is 3.59. The number of likely N-dealkylation sites (tertiary alicyclic amines) is 1. The third-order valence-corrected chi connectivity index (χ3v) is 8.28. The zero-order valence-electron chi connectivity index (χ0n) is 18.6. The summed E-state index contributed by atoms with van der Waals surface area (Å²) < 4.78 is 0. The van der Waals surface area contributed by atoms with Crippen LogP contribution in [0.4, 0.5) is 5.69 Å². The molecular weight excluding hydrogens is 436 g/mol. The lowest BCUT2D eigenvalue weighted by Gasteiger charge is -2.37. The molecule has 1 saturated heterocycles. The van der Waals surface area contributed by atoms with Gasteiger partial charge in [-0.2, -0.15) is 0 Å². The van der Waals surface area contributed by atoms with Gasteiger partial charge < -0.3 is 0 Å². The number of halogens is 1. The van der Waals surface area contributed by atoms with Gasteiger partial charge in [0.15, 0.2) is 0 Å². The van der Waals surface area contributed by atoms with Gasteiger partial charge in [-0.15, -0.1) is 0 Å². The van der Waals surface area contributed by atoms with Crippen LogP contribution < -0.4 is 4.90 Å². The highest BCUT2D eigenvalue weighted by Gasteiger charge is 2.67. The molecule has 6 atom stereocenters. The van der Waals surface area contributed by atoms with Crippen molar-refractivity contribution in [1.29, 1.82) is 0 Å². The fraction of sp³-hybridized carbons (Fsp3) is 0.370. The third kappa shape index (κ3) is 3.09. The summed E-state index contributed by atoms with van der Waals surface area (Å²) in [6.45, 7) is 3.75. The molecule has 3 fully saturated rings. The minimum absolute atomic E-state index is 0.104. The number of hydrogen-bond donors (Lipinski definition) is 0. The molecule has 3 amide bonds. The first-order valence-corrected chi connectivity index (χ1v) is 11.9. The number of hydrogen-bond acceptors (Lipinski definition) is 3. The van der Waals surface area contributed by atoms with Crippen LogP contribution in [0.25, 0.3) is 0 Å².